The number of nitriles is 2. The molecule has 2 aliphatic rings. The lowest BCUT2D eigenvalue weighted by molar-refractivity contribution is -0.127. The van der Waals surface area contributed by atoms with Gasteiger partial charge >= 0.3 is 8.60 Å². The van der Waals surface area contributed by atoms with E-state index in [2.05, 4.69) is 23.4 Å². The number of rotatable bonds is 23. The number of nitrogens with two attached hydrogens (primary N) is 1. The molecule has 0 aliphatic carbocycles. The average molecular weight is 805 g/mol. The number of ether oxygens (including phenoxy) is 1. The molecule has 0 saturated carbocycles. The van der Waals surface area contributed by atoms with Gasteiger partial charge in [0.15, 0.2) is 11.4 Å². The van der Waals surface area contributed by atoms with E-state index >= 15 is 0 Å². The molecule has 0 spiro atoms. The summed E-state index contributed by atoms with van der Waals surface area (Å²) in [6, 6.07) is 11.7. The molecule has 3 unspecified atom stereocenters. The third-order valence-electron chi connectivity index (χ3n) is 9.24. The van der Waals surface area contributed by atoms with Crippen molar-refractivity contribution >= 4 is 14.4 Å². The number of aliphatic hydroxyl groups excluding tert-OH is 1. The Morgan fingerprint density at radius 3 is 2.07 bits per heavy atom. The van der Waals surface area contributed by atoms with Crippen molar-refractivity contribution in [2.24, 2.45) is 10.7 Å². The van der Waals surface area contributed by atoms with Crippen molar-refractivity contribution in [1.29, 1.82) is 10.5 Å². The van der Waals surface area contributed by atoms with Crippen LogP contribution in [0, 0.1) is 28.5 Å². The first-order chi connectivity index (χ1) is 26.8. The van der Waals surface area contributed by atoms with Crippen molar-refractivity contribution in [1.82, 2.24) is 4.68 Å². The molecule has 15 heteroatoms. The lowest BCUT2D eigenvalue weighted by Gasteiger charge is -2.24. The van der Waals surface area contributed by atoms with Gasteiger partial charge in [0, 0.05) is 0 Å². The smallest absolute Gasteiger partial charge is 0.329 e. The van der Waals surface area contributed by atoms with Crippen molar-refractivity contribution in [3.63, 3.8) is 0 Å². The van der Waals surface area contributed by atoms with Crippen LogP contribution in [0.15, 0.2) is 35.3 Å². The first-order valence-corrected chi connectivity index (χ1v) is 21.3. The second kappa shape index (κ2) is 27.5. The van der Waals surface area contributed by atoms with Gasteiger partial charge in [-0.15, -0.1) is 0 Å². The Hall–Kier alpha value is -3.17. The number of aliphatic hydroxyl groups is 3. The lowest BCUT2D eigenvalue weighted by atomic mass is 10.0. The summed E-state index contributed by atoms with van der Waals surface area (Å²) in [5.74, 6) is -1.52. The maximum Gasteiger partial charge on any atom is 0.329 e. The number of nitrogens with one attached hydrogen (secondary N) is 1. The van der Waals surface area contributed by atoms with Gasteiger partial charge in [-0.1, -0.05) is 103 Å². The molecule has 314 valence electrons. The largest absolute Gasteiger partial charge is 0.392 e. The van der Waals surface area contributed by atoms with E-state index < -0.39 is 25.8 Å². The molecule has 1 fully saturated rings. The third-order valence-corrected chi connectivity index (χ3v) is 9.99. The molecule has 1 aromatic heterocycles. The minimum atomic E-state index is -2.03. The quantitative estimate of drug-likeness (QED) is 0.0358. The zero-order valence-electron chi connectivity index (χ0n) is 33.7. The van der Waals surface area contributed by atoms with Crippen LogP contribution in [0.3, 0.4) is 0 Å². The minimum absolute atomic E-state index is 0.0221. The van der Waals surface area contributed by atoms with Gasteiger partial charge in [-0.05, 0) is 69.0 Å². The van der Waals surface area contributed by atoms with Crippen LogP contribution in [0.2, 0.25) is 0 Å². The highest BCUT2D eigenvalue weighted by Crippen LogP contribution is 2.43. The Kier molecular flexibility index (Phi) is 24.0. The Morgan fingerprint density at radius 2 is 1.54 bits per heavy atom. The van der Waals surface area contributed by atoms with E-state index in [0.717, 1.165) is 30.3 Å². The SMILES string of the molecule is CC(C)(O)O.CCCCCCCCCCCCCCCCCCOP(O)OCC1(C#N)CCC(c2ccc3n2NCN=C3N)O1.N#Cc1cc(F)cc(CO)c1. The van der Waals surface area contributed by atoms with Gasteiger partial charge in [0.2, 0.25) is 0 Å². The molecule has 3 atom stereocenters. The normalized spacial score (nSPS) is 17.9. The Labute approximate surface area is 334 Å². The number of nitrogens with zero attached hydrogens (tertiary/aromatic N) is 4. The summed E-state index contributed by atoms with van der Waals surface area (Å²) in [7, 11) is -2.03. The lowest BCUT2D eigenvalue weighted by Crippen LogP contribution is -2.34. The van der Waals surface area contributed by atoms with Gasteiger partial charge in [0.1, 0.15) is 36.2 Å². The second-order valence-electron chi connectivity index (χ2n) is 14.8. The maximum atomic E-state index is 12.5. The van der Waals surface area contributed by atoms with E-state index in [0.29, 0.717) is 37.5 Å². The maximum absolute atomic E-state index is 12.5. The molecule has 1 saturated heterocycles. The number of fused-ring (bicyclic) bond motifs is 1. The second-order valence-corrected chi connectivity index (χ2v) is 15.8. The molecule has 3 heterocycles. The van der Waals surface area contributed by atoms with Gasteiger partial charge in [-0.25, -0.2) is 9.38 Å². The van der Waals surface area contributed by atoms with Crippen molar-refractivity contribution in [3.05, 3.63) is 58.7 Å². The van der Waals surface area contributed by atoms with Crippen molar-refractivity contribution in [2.45, 2.75) is 160 Å². The van der Waals surface area contributed by atoms with E-state index in [-0.39, 0.29) is 24.9 Å². The summed E-state index contributed by atoms with van der Waals surface area (Å²) in [6.45, 7) is 5.47. The highest BCUT2D eigenvalue weighted by atomic mass is 31.2. The van der Waals surface area contributed by atoms with E-state index in [1.165, 1.54) is 116 Å². The predicted octanol–water partition coefficient (Wildman–Crippen LogP) is 8.23. The van der Waals surface area contributed by atoms with Crippen LogP contribution in [-0.4, -0.2) is 62.0 Å². The Bertz CT molecular complexity index is 1500. The van der Waals surface area contributed by atoms with Crippen molar-refractivity contribution in [3.8, 4) is 12.1 Å². The zero-order valence-corrected chi connectivity index (χ0v) is 34.6. The van der Waals surface area contributed by atoms with E-state index in [4.69, 9.17) is 40.1 Å². The molecule has 2 aliphatic heterocycles. The number of aromatic nitrogens is 1. The zero-order chi connectivity index (χ0) is 41.2. The summed E-state index contributed by atoms with van der Waals surface area (Å²) in [4.78, 5) is 14.4. The van der Waals surface area contributed by atoms with Gasteiger partial charge in [-0.2, -0.15) is 10.5 Å². The van der Waals surface area contributed by atoms with E-state index in [1.54, 1.807) is 6.07 Å². The molecule has 7 N–H and O–H groups in total. The Morgan fingerprint density at radius 1 is 0.964 bits per heavy atom. The molecular weight excluding hydrogens is 738 g/mol. The summed E-state index contributed by atoms with van der Waals surface area (Å²) in [5, 5.41) is 43.0. The van der Waals surface area contributed by atoms with E-state index in [9.17, 15) is 14.5 Å². The van der Waals surface area contributed by atoms with Crippen LogP contribution in [0.1, 0.15) is 165 Å². The number of halogens is 1. The van der Waals surface area contributed by atoms with Crippen LogP contribution >= 0.6 is 8.60 Å². The molecule has 0 radical (unpaired) electrons. The van der Waals surface area contributed by atoms with Gasteiger partial charge in [0.05, 0.1) is 37.1 Å². The fourth-order valence-corrected chi connectivity index (χ4v) is 7.01. The summed E-state index contributed by atoms with van der Waals surface area (Å²) in [5.41, 5.74) is 10.4. The van der Waals surface area contributed by atoms with Gasteiger partial charge < -0.3 is 45.2 Å². The van der Waals surface area contributed by atoms with Crippen LogP contribution in [0.25, 0.3) is 0 Å². The monoisotopic (exact) mass is 804 g/mol. The number of aliphatic imine (C=N–C) groups is 1. The highest BCUT2D eigenvalue weighted by molar-refractivity contribution is 7.40. The predicted molar refractivity (Wildman–Crippen MR) is 217 cm³/mol. The van der Waals surface area contributed by atoms with Crippen LogP contribution in [0.5, 0.6) is 0 Å². The molecule has 56 heavy (non-hydrogen) atoms. The highest BCUT2D eigenvalue weighted by Gasteiger charge is 2.43. The van der Waals surface area contributed by atoms with Gasteiger partial charge in [-0.3, -0.25) is 4.68 Å². The molecular formula is C41H66FN6O7P. The summed E-state index contributed by atoms with van der Waals surface area (Å²) >= 11 is 0. The van der Waals surface area contributed by atoms with Crippen LogP contribution in [0.4, 0.5) is 4.39 Å². The van der Waals surface area contributed by atoms with E-state index in [1.807, 2.05) is 16.8 Å². The number of unbranched alkanes of at least 4 members (excludes halogenated alkanes) is 15. The van der Waals surface area contributed by atoms with Gasteiger partial charge in [0.25, 0.3) is 0 Å². The van der Waals surface area contributed by atoms with Crippen LogP contribution < -0.4 is 11.2 Å². The molecule has 4 rings (SSSR count). The first-order valence-electron chi connectivity index (χ1n) is 20.2. The molecule has 2 aromatic rings. The number of hydrogen-bond acceptors (Lipinski definition) is 12. The average Bonchev–Trinajstić information content (AvgIpc) is 3.80. The number of hydrogen-bond donors (Lipinski definition) is 6. The summed E-state index contributed by atoms with van der Waals surface area (Å²) in [6.07, 6.45) is 22.0. The standard InChI is InChI=1S/C30H52N5O4P.C8H6FNO.C3H8O2/c1-2-3-4-5-6-7-8-9-10-11-12-13-14-15-16-17-22-37-40(36)38-24-30(23-31)21-20-28(39-30)26-18-19-27-29(32)33-25-34-35(26)27;9-8-2-6(4-10)1-7(3-8)5-11;1-3(2,4)5/h18-19,28,34,36H,2-17,20-22,24-25H2,1H3,(H2,32,33);1-3,11H,5H2;4-5H,1-2H3. The molecule has 13 nitrogen and oxygen atoms in total. The molecule has 0 amide bonds. The van der Waals surface area contributed by atoms with Crippen molar-refractivity contribution < 1.29 is 38.4 Å². The molecule has 1 aromatic carbocycles. The fraction of sp³-hybridized carbons (Fsp3) is 0.683. The van der Waals surface area contributed by atoms with Crippen molar-refractivity contribution in [2.75, 3.05) is 25.3 Å². The fourth-order valence-electron chi connectivity index (χ4n) is 6.33. The summed E-state index contributed by atoms with van der Waals surface area (Å²) < 4.78 is 31.6. The molecule has 0 bridgehead atoms. The van der Waals surface area contributed by atoms with Crippen LogP contribution in [-0.2, 0) is 20.4 Å². The number of amidine groups is 1. The number of benzene rings is 1. The minimum Gasteiger partial charge on any atom is -0.392 e. The Balaban J connectivity index is 0.000000560. The topological polar surface area (TPSA) is 212 Å². The first kappa shape index (κ1) is 49.0. The third kappa shape index (κ3) is 20.3.